The normalized spacial score (nSPS) is 19.0. The maximum Gasteiger partial charge on any atom is 0.228 e. The summed E-state index contributed by atoms with van der Waals surface area (Å²) in [6, 6.07) is 15.6. The van der Waals surface area contributed by atoms with Crippen LogP contribution in [0, 0.1) is 29.6 Å². The summed E-state index contributed by atoms with van der Waals surface area (Å²) in [5.41, 5.74) is 3.40. The number of hydrogen-bond donors (Lipinski definition) is 1. The molecule has 4 rings (SSSR count). The minimum Gasteiger partial charge on any atom is -0.423 e. The first-order valence-corrected chi connectivity index (χ1v) is 7.91. The molecule has 6 nitrogen and oxygen atoms in total. The van der Waals surface area contributed by atoms with Crippen molar-refractivity contribution in [1.29, 1.82) is 10.7 Å². The average molecular weight is 329 g/mol. The lowest BCUT2D eigenvalue weighted by Crippen LogP contribution is -2.31. The van der Waals surface area contributed by atoms with Crippen molar-refractivity contribution < 1.29 is 4.74 Å². The number of hydrogen-bond acceptors (Lipinski definition) is 5. The van der Waals surface area contributed by atoms with Gasteiger partial charge >= 0.3 is 0 Å². The van der Waals surface area contributed by atoms with Gasteiger partial charge < -0.3 is 4.74 Å². The highest BCUT2D eigenvalue weighted by Gasteiger charge is 2.41. The number of para-hydroxylation sites is 1. The quantitative estimate of drug-likeness (QED) is 0.782. The first-order valence-electron chi connectivity index (χ1n) is 7.91. The van der Waals surface area contributed by atoms with E-state index in [1.165, 1.54) is 0 Å². The molecule has 122 valence electrons. The largest absolute Gasteiger partial charge is 0.423 e. The standard InChI is InChI=1S/C19H15N5O/c1-12-16-17(13-7-9-22-10-8-13)15(11-20)18(21)25-19(16)24(23-12)14-5-3-2-4-6-14/h2-10,15,17,21H,1H3. The fourth-order valence-corrected chi connectivity index (χ4v) is 3.27. The van der Waals surface area contributed by atoms with Crippen molar-refractivity contribution in [3.05, 3.63) is 71.7 Å². The van der Waals surface area contributed by atoms with Crippen LogP contribution in [0.2, 0.25) is 0 Å². The molecule has 0 spiro atoms. The fraction of sp³-hybridized carbons (Fsp3) is 0.158. The number of nitrogens with zero attached hydrogens (tertiary/aromatic N) is 4. The van der Waals surface area contributed by atoms with Gasteiger partial charge in [-0.15, -0.1) is 0 Å². The summed E-state index contributed by atoms with van der Waals surface area (Å²) >= 11 is 0. The van der Waals surface area contributed by atoms with Gasteiger partial charge in [0.2, 0.25) is 11.8 Å². The van der Waals surface area contributed by atoms with Crippen molar-refractivity contribution in [2.24, 2.45) is 5.92 Å². The lowest BCUT2D eigenvalue weighted by Gasteiger charge is -2.28. The Balaban J connectivity index is 1.95. The first kappa shape index (κ1) is 15.1. The van der Waals surface area contributed by atoms with Crippen LogP contribution < -0.4 is 4.74 Å². The molecular formula is C19H15N5O. The number of ether oxygens (including phenoxy) is 1. The lowest BCUT2D eigenvalue weighted by atomic mass is 9.80. The molecule has 0 amide bonds. The topological polar surface area (TPSA) is 87.6 Å². The zero-order valence-electron chi connectivity index (χ0n) is 13.5. The predicted molar refractivity (Wildman–Crippen MR) is 91.8 cm³/mol. The third-order valence-corrected chi connectivity index (χ3v) is 4.40. The SMILES string of the molecule is Cc1nn(-c2ccccc2)c2c1C(c1ccncc1)C(C#N)C(=N)O2. The maximum atomic E-state index is 9.62. The number of benzene rings is 1. The summed E-state index contributed by atoms with van der Waals surface area (Å²) in [5.74, 6) is -0.556. The van der Waals surface area contributed by atoms with E-state index < -0.39 is 5.92 Å². The maximum absolute atomic E-state index is 9.62. The van der Waals surface area contributed by atoms with Gasteiger partial charge in [0.1, 0.15) is 5.92 Å². The summed E-state index contributed by atoms with van der Waals surface area (Å²) in [6.45, 7) is 1.90. The second-order valence-electron chi connectivity index (χ2n) is 5.88. The third-order valence-electron chi connectivity index (χ3n) is 4.40. The molecule has 6 heteroatoms. The van der Waals surface area contributed by atoms with E-state index in [4.69, 9.17) is 10.1 Å². The molecule has 0 bridgehead atoms. The van der Waals surface area contributed by atoms with E-state index in [0.29, 0.717) is 5.88 Å². The highest BCUT2D eigenvalue weighted by molar-refractivity contribution is 5.85. The predicted octanol–water partition coefficient (Wildman–Crippen LogP) is 3.22. The van der Waals surface area contributed by atoms with Gasteiger partial charge in [0.05, 0.1) is 17.5 Å². The monoisotopic (exact) mass is 329 g/mol. The zero-order chi connectivity index (χ0) is 17.4. The van der Waals surface area contributed by atoms with Crippen molar-refractivity contribution in [3.63, 3.8) is 0 Å². The summed E-state index contributed by atoms with van der Waals surface area (Å²) in [7, 11) is 0. The van der Waals surface area contributed by atoms with E-state index in [9.17, 15) is 5.26 Å². The highest BCUT2D eigenvalue weighted by Crippen LogP contribution is 2.44. The Morgan fingerprint density at radius 3 is 2.56 bits per heavy atom. The van der Waals surface area contributed by atoms with Crippen molar-refractivity contribution >= 4 is 5.90 Å². The van der Waals surface area contributed by atoms with Gasteiger partial charge in [-0.2, -0.15) is 10.4 Å². The molecule has 2 unspecified atom stereocenters. The molecule has 0 radical (unpaired) electrons. The number of rotatable bonds is 2. The molecule has 1 N–H and O–H groups in total. The summed E-state index contributed by atoms with van der Waals surface area (Å²) in [4.78, 5) is 4.05. The van der Waals surface area contributed by atoms with Gasteiger partial charge in [0.15, 0.2) is 0 Å². The van der Waals surface area contributed by atoms with E-state index in [-0.39, 0.29) is 11.8 Å². The molecule has 2 atom stereocenters. The van der Waals surface area contributed by atoms with E-state index in [1.807, 2.05) is 49.4 Å². The molecule has 1 aliphatic heterocycles. The molecule has 0 saturated carbocycles. The molecule has 25 heavy (non-hydrogen) atoms. The smallest absolute Gasteiger partial charge is 0.228 e. The van der Waals surface area contributed by atoms with Crippen molar-refractivity contribution in [2.45, 2.75) is 12.8 Å². The number of aryl methyl sites for hydroxylation is 1. The Hall–Kier alpha value is -3.46. The lowest BCUT2D eigenvalue weighted by molar-refractivity contribution is 0.424. The van der Waals surface area contributed by atoms with E-state index in [0.717, 1.165) is 22.5 Å². The van der Waals surface area contributed by atoms with Gasteiger partial charge in [-0.05, 0) is 36.8 Å². The molecule has 0 fully saturated rings. The Morgan fingerprint density at radius 2 is 1.88 bits per heavy atom. The van der Waals surface area contributed by atoms with Crippen molar-refractivity contribution in [1.82, 2.24) is 14.8 Å². The number of pyridine rings is 1. The third kappa shape index (κ3) is 2.37. The number of fused-ring (bicyclic) bond motifs is 1. The first-order chi connectivity index (χ1) is 12.2. The van der Waals surface area contributed by atoms with Crippen LogP contribution in [0.3, 0.4) is 0 Å². The fourth-order valence-electron chi connectivity index (χ4n) is 3.27. The van der Waals surface area contributed by atoms with Gasteiger partial charge in [-0.25, -0.2) is 4.68 Å². The molecule has 1 aromatic carbocycles. The Kier molecular flexibility index (Phi) is 3.55. The van der Waals surface area contributed by atoms with Gasteiger partial charge in [0, 0.05) is 23.9 Å². The van der Waals surface area contributed by atoms with E-state index >= 15 is 0 Å². The van der Waals surface area contributed by atoms with Crippen LogP contribution in [0.15, 0.2) is 54.9 Å². The summed E-state index contributed by atoms with van der Waals surface area (Å²) < 4.78 is 7.43. The van der Waals surface area contributed by atoms with Crippen LogP contribution in [0.5, 0.6) is 5.88 Å². The Morgan fingerprint density at radius 1 is 1.16 bits per heavy atom. The second-order valence-corrected chi connectivity index (χ2v) is 5.88. The van der Waals surface area contributed by atoms with Crippen LogP contribution >= 0.6 is 0 Å². The minimum absolute atomic E-state index is 0.0612. The molecule has 0 saturated heterocycles. The summed E-state index contributed by atoms with van der Waals surface area (Å²) in [6.07, 6.45) is 3.39. The van der Waals surface area contributed by atoms with Crippen LogP contribution in [-0.2, 0) is 0 Å². The van der Waals surface area contributed by atoms with Crippen molar-refractivity contribution in [3.8, 4) is 17.6 Å². The average Bonchev–Trinajstić information content (AvgIpc) is 2.98. The van der Waals surface area contributed by atoms with Gasteiger partial charge in [-0.1, -0.05) is 18.2 Å². The second kappa shape index (κ2) is 5.87. The molecular weight excluding hydrogens is 314 g/mol. The van der Waals surface area contributed by atoms with Crippen LogP contribution in [0.1, 0.15) is 22.7 Å². The van der Waals surface area contributed by atoms with Crippen LogP contribution in [-0.4, -0.2) is 20.7 Å². The molecule has 0 aliphatic carbocycles. The van der Waals surface area contributed by atoms with Gasteiger partial charge in [0.25, 0.3) is 0 Å². The van der Waals surface area contributed by atoms with Crippen LogP contribution in [0.25, 0.3) is 5.69 Å². The Bertz CT molecular complexity index is 972. The molecule has 2 aromatic heterocycles. The number of aromatic nitrogens is 3. The van der Waals surface area contributed by atoms with E-state index in [2.05, 4.69) is 16.2 Å². The van der Waals surface area contributed by atoms with Gasteiger partial charge in [-0.3, -0.25) is 10.4 Å². The van der Waals surface area contributed by atoms with E-state index in [1.54, 1.807) is 17.1 Å². The number of nitriles is 1. The minimum atomic E-state index is -0.693. The summed E-state index contributed by atoms with van der Waals surface area (Å²) in [5, 5.41) is 22.5. The zero-order valence-corrected chi connectivity index (χ0v) is 13.5. The van der Waals surface area contributed by atoms with Crippen LogP contribution in [0.4, 0.5) is 0 Å². The molecule has 1 aliphatic rings. The van der Waals surface area contributed by atoms with Crippen molar-refractivity contribution in [2.75, 3.05) is 0 Å². The molecule has 3 aromatic rings. The molecule has 3 heterocycles. The Labute approximate surface area is 144 Å². The highest BCUT2D eigenvalue weighted by atomic mass is 16.5. The number of nitrogens with one attached hydrogen (secondary N) is 1.